The maximum absolute atomic E-state index is 11.0. The van der Waals surface area contributed by atoms with Gasteiger partial charge in [0.05, 0.1) is 0 Å². The summed E-state index contributed by atoms with van der Waals surface area (Å²) in [5, 5.41) is 0. The lowest BCUT2D eigenvalue weighted by atomic mass is 10.4. The van der Waals surface area contributed by atoms with Gasteiger partial charge in [0.1, 0.15) is 0 Å². The first-order valence-electron chi connectivity index (χ1n) is 4.08. The van der Waals surface area contributed by atoms with Gasteiger partial charge >= 0.3 is 0 Å². The molecule has 68 valence electrons. The fraction of sp³-hybridized carbons (Fsp3) is 0.750. The summed E-state index contributed by atoms with van der Waals surface area (Å²) in [6.45, 7) is 1.10. The molecule has 0 spiro atoms. The molecule has 0 aromatic rings. The number of methoxy groups -OCH3 is 1. The van der Waals surface area contributed by atoms with Gasteiger partial charge in [-0.3, -0.25) is 14.5 Å². The largest absolute Gasteiger partial charge is 0.385 e. The molecular weight excluding hydrogens is 158 g/mol. The molecule has 1 fully saturated rings. The molecule has 4 heteroatoms. The second-order valence-electron chi connectivity index (χ2n) is 2.79. The number of imide groups is 1. The van der Waals surface area contributed by atoms with Gasteiger partial charge in [0.15, 0.2) is 0 Å². The molecule has 0 bridgehead atoms. The number of likely N-dealkylation sites (tertiary alicyclic amines) is 1. The Labute approximate surface area is 71.5 Å². The SMILES string of the molecule is COCCCN1C(=O)CCC1=O. The molecule has 12 heavy (non-hydrogen) atoms. The van der Waals surface area contributed by atoms with Crippen molar-refractivity contribution in [2.24, 2.45) is 0 Å². The number of hydrogen-bond acceptors (Lipinski definition) is 3. The summed E-state index contributed by atoms with van der Waals surface area (Å²) in [7, 11) is 1.60. The van der Waals surface area contributed by atoms with E-state index in [1.807, 2.05) is 0 Å². The van der Waals surface area contributed by atoms with Gasteiger partial charge in [0.2, 0.25) is 11.8 Å². The molecule has 1 rings (SSSR count). The van der Waals surface area contributed by atoms with E-state index in [-0.39, 0.29) is 11.8 Å². The normalized spacial score (nSPS) is 17.6. The predicted molar refractivity (Wildman–Crippen MR) is 42.4 cm³/mol. The zero-order valence-corrected chi connectivity index (χ0v) is 7.21. The number of amides is 2. The van der Waals surface area contributed by atoms with E-state index in [4.69, 9.17) is 4.74 Å². The Morgan fingerprint density at radius 3 is 2.42 bits per heavy atom. The molecule has 0 N–H and O–H groups in total. The molecule has 0 unspecified atom stereocenters. The van der Waals surface area contributed by atoms with E-state index in [0.29, 0.717) is 26.0 Å². The maximum atomic E-state index is 11.0. The average Bonchev–Trinajstić information content (AvgIpc) is 2.35. The van der Waals surface area contributed by atoms with Crippen molar-refractivity contribution < 1.29 is 14.3 Å². The van der Waals surface area contributed by atoms with Crippen LogP contribution in [0.5, 0.6) is 0 Å². The van der Waals surface area contributed by atoms with Crippen molar-refractivity contribution >= 4 is 11.8 Å². The lowest BCUT2D eigenvalue weighted by Gasteiger charge is -2.12. The topological polar surface area (TPSA) is 46.6 Å². The van der Waals surface area contributed by atoms with E-state index in [2.05, 4.69) is 0 Å². The van der Waals surface area contributed by atoms with E-state index in [9.17, 15) is 9.59 Å². The molecule has 0 aromatic heterocycles. The van der Waals surface area contributed by atoms with Gasteiger partial charge in [0.25, 0.3) is 0 Å². The summed E-state index contributed by atoms with van der Waals surface area (Å²) in [4.78, 5) is 23.4. The summed E-state index contributed by atoms with van der Waals surface area (Å²) >= 11 is 0. The van der Waals surface area contributed by atoms with E-state index < -0.39 is 0 Å². The smallest absolute Gasteiger partial charge is 0.229 e. The quantitative estimate of drug-likeness (QED) is 0.447. The number of carbonyl (C=O) groups excluding carboxylic acids is 2. The van der Waals surface area contributed by atoms with Crippen molar-refractivity contribution in [3.05, 3.63) is 0 Å². The number of hydrogen-bond donors (Lipinski definition) is 0. The average molecular weight is 171 g/mol. The van der Waals surface area contributed by atoms with Gasteiger partial charge in [-0.1, -0.05) is 0 Å². The van der Waals surface area contributed by atoms with E-state index in [0.717, 1.165) is 6.42 Å². The number of nitrogens with zero attached hydrogens (tertiary/aromatic N) is 1. The van der Waals surface area contributed by atoms with Gasteiger partial charge in [-0.15, -0.1) is 0 Å². The molecule has 0 saturated carbocycles. The van der Waals surface area contributed by atoms with Crippen LogP contribution in [0.1, 0.15) is 19.3 Å². The highest BCUT2D eigenvalue weighted by Crippen LogP contribution is 2.11. The maximum Gasteiger partial charge on any atom is 0.229 e. The number of rotatable bonds is 4. The Kier molecular flexibility index (Phi) is 3.22. The van der Waals surface area contributed by atoms with Crippen LogP contribution < -0.4 is 0 Å². The van der Waals surface area contributed by atoms with E-state index >= 15 is 0 Å². The summed E-state index contributed by atoms with van der Waals surface area (Å²) in [5.74, 6) is -0.0905. The zero-order valence-electron chi connectivity index (χ0n) is 7.21. The van der Waals surface area contributed by atoms with Gasteiger partial charge < -0.3 is 4.74 Å². The van der Waals surface area contributed by atoms with Crippen molar-refractivity contribution in [3.8, 4) is 0 Å². The highest BCUT2D eigenvalue weighted by atomic mass is 16.5. The van der Waals surface area contributed by atoms with Crippen LogP contribution in [0.4, 0.5) is 0 Å². The molecule has 1 saturated heterocycles. The third-order valence-corrected chi connectivity index (χ3v) is 1.89. The van der Waals surface area contributed by atoms with E-state index in [1.54, 1.807) is 7.11 Å². The fourth-order valence-electron chi connectivity index (χ4n) is 1.24. The molecule has 4 nitrogen and oxygen atoms in total. The standard InChI is InChI=1S/C8H13NO3/c1-12-6-2-5-9-7(10)3-4-8(9)11/h2-6H2,1H3. The van der Waals surface area contributed by atoms with Crippen molar-refractivity contribution in [1.82, 2.24) is 4.90 Å². The van der Waals surface area contributed by atoms with Crippen LogP contribution in [-0.4, -0.2) is 37.0 Å². The Morgan fingerprint density at radius 2 is 1.92 bits per heavy atom. The second kappa shape index (κ2) is 4.21. The molecule has 1 aliphatic heterocycles. The molecule has 0 aliphatic carbocycles. The highest BCUT2D eigenvalue weighted by molar-refractivity contribution is 6.01. The molecule has 0 aromatic carbocycles. The minimum Gasteiger partial charge on any atom is -0.385 e. The number of carbonyl (C=O) groups is 2. The van der Waals surface area contributed by atoms with Gasteiger partial charge in [-0.2, -0.15) is 0 Å². The summed E-state index contributed by atoms with van der Waals surface area (Å²) in [5.41, 5.74) is 0. The molecule has 1 aliphatic rings. The Hall–Kier alpha value is -0.900. The van der Waals surface area contributed by atoms with Crippen molar-refractivity contribution in [2.45, 2.75) is 19.3 Å². The van der Waals surface area contributed by atoms with Crippen LogP contribution in [0.3, 0.4) is 0 Å². The van der Waals surface area contributed by atoms with Crippen LogP contribution in [0.15, 0.2) is 0 Å². The second-order valence-corrected chi connectivity index (χ2v) is 2.79. The first-order chi connectivity index (χ1) is 5.75. The van der Waals surface area contributed by atoms with Gasteiger partial charge in [-0.05, 0) is 6.42 Å². The van der Waals surface area contributed by atoms with Gasteiger partial charge in [0, 0.05) is 33.1 Å². The van der Waals surface area contributed by atoms with Crippen LogP contribution >= 0.6 is 0 Å². The first kappa shape index (κ1) is 9.19. The third kappa shape index (κ3) is 2.04. The van der Waals surface area contributed by atoms with Crippen molar-refractivity contribution in [3.63, 3.8) is 0 Å². The third-order valence-electron chi connectivity index (χ3n) is 1.89. The highest BCUT2D eigenvalue weighted by Gasteiger charge is 2.27. The van der Waals surface area contributed by atoms with Crippen molar-refractivity contribution in [1.29, 1.82) is 0 Å². The molecule has 2 amide bonds. The lowest BCUT2D eigenvalue weighted by Crippen LogP contribution is -2.30. The Morgan fingerprint density at radius 1 is 1.33 bits per heavy atom. The van der Waals surface area contributed by atoms with Crippen LogP contribution in [0, 0.1) is 0 Å². The number of ether oxygens (including phenoxy) is 1. The van der Waals surface area contributed by atoms with Crippen molar-refractivity contribution in [2.75, 3.05) is 20.3 Å². The minimum absolute atomic E-state index is 0.0453. The minimum atomic E-state index is -0.0453. The predicted octanol–water partition coefficient (Wildman–Crippen LogP) is 0.172. The van der Waals surface area contributed by atoms with Crippen LogP contribution in [0.2, 0.25) is 0 Å². The zero-order chi connectivity index (χ0) is 8.97. The molecule has 0 atom stereocenters. The first-order valence-corrected chi connectivity index (χ1v) is 4.08. The fourth-order valence-corrected chi connectivity index (χ4v) is 1.24. The van der Waals surface area contributed by atoms with E-state index in [1.165, 1.54) is 4.90 Å². The van der Waals surface area contributed by atoms with Crippen LogP contribution in [-0.2, 0) is 14.3 Å². The molecular formula is C8H13NO3. The monoisotopic (exact) mass is 171 g/mol. The summed E-state index contributed by atoms with van der Waals surface area (Å²) < 4.78 is 4.82. The molecule has 1 heterocycles. The summed E-state index contributed by atoms with van der Waals surface area (Å²) in [6.07, 6.45) is 1.49. The lowest BCUT2D eigenvalue weighted by molar-refractivity contribution is -0.138. The van der Waals surface area contributed by atoms with Crippen LogP contribution in [0.25, 0.3) is 0 Å². The Bertz CT molecular complexity index is 175. The summed E-state index contributed by atoms with van der Waals surface area (Å²) in [6, 6.07) is 0. The van der Waals surface area contributed by atoms with Gasteiger partial charge in [-0.25, -0.2) is 0 Å². The Balaban J connectivity index is 2.30. The molecule has 0 radical (unpaired) electrons.